The summed E-state index contributed by atoms with van der Waals surface area (Å²) in [4.78, 5) is 7.87. The first kappa shape index (κ1) is 10.7. The molecular weight excluding hydrogens is 182 g/mol. The van der Waals surface area contributed by atoms with Gasteiger partial charge in [-0.25, -0.2) is 9.97 Å². The van der Waals surface area contributed by atoms with E-state index in [-0.39, 0.29) is 6.04 Å². The molecular formula is C9H15N3O2. The van der Waals surface area contributed by atoms with Gasteiger partial charge in [-0.3, -0.25) is 0 Å². The number of aromatic nitrogens is 2. The number of nitrogens with zero attached hydrogens (tertiary/aromatic N) is 2. The first-order chi connectivity index (χ1) is 6.63. The molecule has 1 rings (SSSR count). The maximum absolute atomic E-state index is 9.27. The average molecular weight is 197 g/mol. The van der Waals surface area contributed by atoms with Crippen molar-refractivity contribution in [2.75, 3.05) is 12.4 Å². The Hall–Kier alpha value is -1.36. The van der Waals surface area contributed by atoms with Crippen LogP contribution in [0.15, 0.2) is 12.4 Å². The molecule has 0 bridgehead atoms. The second kappa shape index (κ2) is 4.76. The van der Waals surface area contributed by atoms with E-state index in [2.05, 4.69) is 15.3 Å². The summed E-state index contributed by atoms with van der Waals surface area (Å²) in [5, 5.41) is 12.3. The number of anilines is 1. The molecule has 0 aliphatic carbocycles. The number of aliphatic hydroxyl groups is 1. The molecule has 0 spiro atoms. The van der Waals surface area contributed by atoms with Crippen LogP contribution in [0.3, 0.4) is 0 Å². The summed E-state index contributed by atoms with van der Waals surface area (Å²) in [6.45, 7) is 3.59. The van der Waals surface area contributed by atoms with E-state index in [1.165, 1.54) is 6.33 Å². The lowest BCUT2D eigenvalue weighted by atomic mass is 10.2. The Morgan fingerprint density at radius 3 is 2.71 bits per heavy atom. The van der Waals surface area contributed by atoms with E-state index in [0.29, 0.717) is 11.7 Å². The Labute approximate surface area is 83.2 Å². The van der Waals surface area contributed by atoms with Gasteiger partial charge in [-0.05, 0) is 13.8 Å². The minimum absolute atomic E-state index is 0.0605. The number of hydrogen-bond donors (Lipinski definition) is 2. The van der Waals surface area contributed by atoms with Crippen molar-refractivity contribution >= 4 is 5.82 Å². The Kier molecular flexibility index (Phi) is 3.64. The van der Waals surface area contributed by atoms with Gasteiger partial charge < -0.3 is 15.2 Å². The number of hydrogen-bond acceptors (Lipinski definition) is 5. The molecule has 1 aromatic heterocycles. The molecule has 1 aromatic rings. The molecule has 2 unspecified atom stereocenters. The molecule has 0 aromatic carbocycles. The highest BCUT2D eigenvalue weighted by atomic mass is 16.5. The summed E-state index contributed by atoms with van der Waals surface area (Å²) in [6.07, 6.45) is 0.978. The lowest BCUT2D eigenvalue weighted by Gasteiger charge is -2.16. The molecule has 0 amide bonds. The molecule has 1 heterocycles. The van der Waals surface area contributed by atoms with E-state index in [9.17, 15) is 5.11 Å². The SMILES string of the molecule is COc1cc(NC(C)C(C)O)ncn1. The van der Waals surface area contributed by atoms with Gasteiger partial charge in [0.1, 0.15) is 12.1 Å². The Balaban J connectivity index is 2.66. The number of nitrogens with one attached hydrogen (secondary N) is 1. The van der Waals surface area contributed by atoms with Gasteiger partial charge in [-0.1, -0.05) is 0 Å². The first-order valence-corrected chi connectivity index (χ1v) is 4.44. The first-order valence-electron chi connectivity index (χ1n) is 4.44. The Morgan fingerprint density at radius 1 is 1.43 bits per heavy atom. The summed E-state index contributed by atoms with van der Waals surface area (Å²) in [5.41, 5.74) is 0. The van der Waals surface area contributed by atoms with Crippen LogP contribution in [0.25, 0.3) is 0 Å². The highest BCUT2D eigenvalue weighted by Crippen LogP contribution is 2.11. The number of rotatable bonds is 4. The molecule has 0 radical (unpaired) electrons. The van der Waals surface area contributed by atoms with Crippen LogP contribution in [-0.4, -0.2) is 34.3 Å². The van der Waals surface area contributed by atoms with Gasteiger partial charge in [0.15, 0.2) is 0 Å². The average Bonchev–Trinajstić information content (AvgIpc) is 2.18. The third-order valence-electron chi connectivity index (χ3n) is 1.95. The lowest BCUT2D eigenvalue weighted by Crippen LogP contribution is -2.28. The molecule has 2 atom stereocenters. The van der Waals surface area contributed by atoms with Crippen molar-refractivity contribution in [1.82, 2.24) is 9.97 Å². The van der Waals surface area contributed by atoms with Gasteiger partial charge in [0.2, 0.25) is 5.88 Å². The quantitative estimate of drug-likeness (QED) is 0.742. The van der Waals surface area contributed by atoms with E-state index in [1.54, 1.807) is 20.1 Å². The topological polar surface area (TPSA) is 67.3 Å². The summed E-state index contributed by atoms with van der Waals surface area (Å²) < 4.78 is 4.94. The molecule has 0 aliphatic rings. The number of ether oxygens (including phenoxy) is 1. The molecule has 0 fully saturated rings. The van der Waals surface area contributed by atoms with E-state index in [4.69, 9.17) is 4.74 Å². The second-order valence-electron chi connectivity index (χ2n) is 3.12. The summed E-state index contributed by atoms with van der Waals surface area (Å²) in [7, 11) is 1.55. The molecule has 5 heteroatoms. The van der Waals surface area contributed by atoms with Gasteiger partial charge in [-0.2, -0.15) is 0 Å². The zero-order valence-corrected chi connectivity index (χ0v) is 8.56. The van der Waals surface area contributed by atoms with Crippen molar-refractivity contribution < 1.29 is 9.84 Å². The summed E-state index contributed by atoms with van der Waals surface area (Å²) >= 11 is 0. The van der Waals surface area contributed by atoms with Crippen molar-refractivity contribution in [3.63, 3.8) is 0 Å². The predicted molar refractivity (Wildman–Crippen MR) is 53.3 cm³/mol. The van der Waals surface area contributed by atoms with E-state index >= 15 is 0 Å². The monoisotopic (exact) mass is 197 g/mol. The van der Waals surface area contributed by atoms with Gasteiger partial charge in [0.05, 0.1) is 19.3 Å². The minimum Gasteiger partial charge on any atom is -0.481 e. The molecule has 78 valence electrons. The Morgan fingerprint density at radius 2 is 2.14 bits per heavy atom. The molecule has 14 heavy (non-hydrogen) atoms. The van der Waals surface area contributed by atoms with Crippen molar-refractivity contribution in [2.45, 2.75) is 26.0 Å². The van der Waals surface area contributed by atoms with Crippen molar-refractivity contribution in [3.8, 4) is 5.88 Å². The van der Waals surface area contributed by atoms with Crippen molar-refractivity contribution in [2.24, 2.45) is 0 Å². The van der Waals surface area contributed by atoms with Crippen molar-refractivity contribution in [1.29, 1.82) is 0 Å². The molecule has 0 saturated heterocycles. The highest BCUT2D eigenvalue weighted by Gasteiger charge is 2.09. The summed E-state index contributed by atoms with van der Waals surface area (Å²) in [6, 6.07) is 1.62. The van der Waals surface area contributed by atoms with Crippen LogP contribution < -0.4 is 10.1 Å². The van der Waals surface area contributed by atoms with E-state index < -0.39 is 6.10 Å². The fourth-order valence-corrected chi connectivity index (χ4v) is 0.884. The second-order valence-corrected chi connectivity index (χ2v) is 3.12. The van der Waals surface area contributed by atoms with Crippen LogP contribution in [0.2, 0.25) is 0 Å². The zero-order valence-electron chi connectivity index (χ0n) is 8.56. The molecule has 2 N–H and O–H groups in total. The molecule has 5 nitrogen and oxygen atoms in total. The highest BCUT2D eigenvalue weighted by molar-refractivity contribution is 5.38. The normalized spacial score (nSPS) is 14.6. The van der Waals surface area contributed by atoms with Crippen LogP contribution in [0.4, 0.5) is 5.82 Å². The smallest absolute Gasteiger partial charge is 0.218 e. The van der Waals surface area contributed by atoms with E-state index in [1.807, 2.05) is 6.92 Å². The minimum atomic E-state index is -0.434. The molecule has 0 saturated carbocycles. The lowest BCUT2D eigenvalue weighted by molar-refractivity contribution is 0.177. The van der Waals surface area contributed by atoms with Crippen LogP contribution in [0.1, 0.15) is 13.8 Å². The van der Waals surface area contributed by atoms with Crippen LogP contribution in [0.5, 0.6) is 5.88 Å². The molecule has 0 aliphatic heterocycles. The van der Waals surface area contributed by atoms with E-state index in [0.717, 1.165) is 0 Å². The number of methoxy groups -OCH3 is 1. The van der Waals surface area contributed by atoms with Gasteiger partial charge in [0.25, 0.3) is 0 Å². The van der Waals surface area contributed by atoms with Gasteiger partial charge in [0, 0.05) is 6.07 Å². The van der Waals surface area contributed by atoms with Crippen LogP contribution >= 0.6 is 0 Å². The van der Waals surface area contributed by atoms with Crippen LogP contribution in [-0.2, 0) is 0 Å². The van der Waals surface area contributed by atoms with Gasteiger partial charge >= 0.3 is 0 Å². The fourth-order valence-electron chi connectivity index (χ4n) is 0.884. The van der Waals surface area contributed by atoms with Gasteiger partial charge in [-0.15, -0.1) is 0 Å². The zero-order chi connectivity index (χ0) is 10.6. The third kappa shape index (κ3) is 2.85. The standard InChI is InChI=1S/C9H15N3O2/c1-6(7(2)13)12-8-4-9(14-3)11-5-10-8/h4-7,13H,1-3H3,(H,10,11,12). The maximum atomic E-state index is 9.27. The number of aliphatic hydroxyl groups excluding tert-OH is 1. The third-order valence-corrected chi connectivity index (χ3v) is 1.95. The fraction of sp³-hybridized carbons (Fsp3) is 0.556. The van der Waals surface area contributed by atoms with Crippen LogP contribution in [0, 0.1) is 0 Å². The summed E-state index contributed by atoms with van der Waals surface area (Å²) in [5.74, 6) is 1.14. The van der Waals surface area contributed by atoms with Crippen molar-refractivity contribution in [3.05, 3.63) is 12.4 Å². The predicted octanol–water partition coefficient (Wildman–Crippen LogP) is 0.666. The Bertz CT molecular complexity index is 291. The largest absolute Gasteiger partial charge is 0.481 e. The maximum Gasteiger partial charge on any atom is 0.218 e.